The van der Waals surface area contributed by atoms with Crippen LogP contribution in [0.25, 0.3) is 6.08 Å². The van der Waals surface area contributed by atoms with Crippen molar-refractivity contribution in [2.75, 3.05) is 14.2 Å². The van der Waals surface area contributed by atoms with Crippen molar-refractivity contribution in [3.05, 3.63) is 29.8 Å². The topological polar surface area (TPSA) is 82.1 Å². The number of hydrogen-bond acceptors (Lipinski definition) is 5. The van der Waals surface area contributed by atoms with Crippen LogP contribution in [0.15, 0.2) is 24.3 Å². The fourth-order valence-corrected chi connectivity index (χ4v) is 1.46. The zero-order chi connectivity index (χ0) is 15.1. The molecule has 6 heteroatoms. The van der Waals surface area contributed by atoms with Crippen LogP contribution in [0, 0.1) is 0 Å². The molecule has 1 N–H and O–H groups in total. The van der Waals surface area contributed by atoms with E-state index in [2.05, 4.69) is 4.74 Å². The third-order valence-corrected chi connectivity index (χ3v) is 2.46. The molecule has 6 nitrogen and oxygen atoms in total. The summed E-state index contributed by atoms with van der Waals surface area (Å²) in [6.07, 6.45) is 1.54. The number of carbonyl (C=O) groups is 2. The average Bonchev–Trinajstić information content (AvgIpc) is 2.44. The van der Waals surface area contributed by atoms with Gasteiger partial charge in [-0.25, -0.2) is 9.59 Å². The maximum Gasteiger partial charge on any atom is 0.346 e. The summed E-state index contributed by atoms with van der Waals surface area (Å²) in [6.45, 7) is 1.54. The second kappa shape index (κ2) is 7.18. The summed E-state index contributed by atoms with van der Waals surface area (Å²) in [4.78, 5) is 21.9. The third-order valence-electron chi connectivity index (χ3n) is 2.46. The number of carbonyl (C=O) groups excluding carboxylic acids is 1. The Morgan fingerprint density at radius 1 is 1.30 bits per heavy atom. The Morgan fingerprint density at radius 2 is 2.00 bits per heavy atom. The maximum absolute atomic E-state index is 11.3. The van der Waals surface area contributed by atoms with Gasteiger partial charge in [0.15, 0.2) is 6.10 Å². The molecular weight excluding hydrogens is 264 g/mol. The van der Waals surface area contributed by atoms with Gasteiger partial charge < -0.3 is 19.3 Å². The van der Waals surface area contributed by atoms with E-state index in [1.165, 1.54) is 20.3 Å². The highest BCUT2D eigenvalue weighted by molar-refractivity contribution is 5.86. The standard InChI is InChI=1S/C14H16O6/c1-9(14(17)19-3)20-12-6-5-11(18-2)8-10(12)4-7-13(15)16/h4-9H,1-3H3,(H,15,16). The average molecular weight is 280 g/mol. The van der Waals surface area contributed by atoms with E-state index in [0.29, 0.717) is 17.1 Å². The highest BCUT2D eigenvalue weighted by Gasteiger charge is 2.16. The number of methoxy groups -OCH3 is 2. The normalized spacial score (nSPS) is 11.9. The summed E-state index contributed by atoms with van der Waals surface area (Å²) in [6, 6.07) is 4.86. The molecule has 1 aromatic carbocycles. The lowest BCUT2D eigenvalue weighted by Gasteiger charge is -2.15. The van der Waals surface area contributed by atoms with Crippen molar-refractivity contribution < 1.29 is 28.9 Å². The molecule has 0 aliphatic carbocycles. The van der Waals surface area contributed by atoms with Crippen LogP contribution in [0.4, 0.5) is 0 Å². The number of ether oxygens (including phenoxy) is 3. The van der Waals surface area contributed by atoms with Gasteiger partial charge in [-0.1, -0.05) is 0 Å². The van der Waals surface area contributed by atoms with Gasteiger partial charge in [-0.2, -0.15) is 0 Å². The van der Waals surface area contributed by atoms with Crippen molar-refractivity contribution in [2.45, 2.75) is 13.0 Å². The van der Waals surface area contributed by atoms with Gasteiger partial charge in [0.2, 0.25) is 0 Å². The molecule has 0 aliphatic heterocycles. The van der Waals surface area contributed by atoms with E-state index in [4.69, 9.17) is 14.6 Å². The summed E-state index contributed by atoms with van der Waals surface area (Å²) in [5.41, 5.74) is 0.488. The van der Waals surface area contributed by atoms with Crippen LogP contribution >= 0.6 is 0 Å². The van der Waals surface area contributed by atoms with Gasteiger partial charge >= 0.3 is 11.9 Å². The Hall–Kier alpha value is -2.50. The predicted octanol–water partition coefficient (Wildman–Crippen LogP) is 1.73. The van der Waals surface area contributed by atoms with E-state index in [1.54, 1.807) is 25.1 Å². The number of rotatable bonds is 6. The Bertz CT molecular complexity index is 520. The van der Waals surface area contributed by atoms with Crippen molar-refractivity contribution in [3.8, 4) is 11.5 Å². The molecule has 20 heavy (non-hydrogen) atoms. The molecule has 0 saturated carbocycles. The van der Waals surface area contributed by atoms with E-state index in [-0.39, 0.29) is 0 Å². The first-order chi connectivity index (χ1) is 9.47. The number of esters is 1. The highest BCUT2D eigenvalue weighted by Crippen LogP contribution is 2.26. The Kier molecular flexibility index (Phi) is 5.58. The van der Waals surface area contributed by atoms with Crippen LogP contribution in [0.2, 0.25) is 0 Å². The number of carboxylic acid groups (broad SMARTS) is 1. The first-order valence-electron chi connectivity index (χ1n) is 5.81. The van der Waals surface area contributed by atoms with Gasteiger partial charge in [0.05, 0.1) is 14.2 Å². The predicted molar refractivity (Wildman–Crippen MR) is 71.8 cm³/mol. The van der Waals surface area contributed by atoms with Crippen LogP contribution in [0.3, 0.4) is 0 Å². The van der Waals surface area contributed by atoms with Crippen molar-refractivity contribution >= 4 is 18.0 Å². The minimum atomic E-state index is -1.08. The first kappa shape index (κ1) is 15.6. The lowest BCUT2D eigenvalue weighted by molar-refractivity contribution is -0.147. The number of benzene rings is 1. The molecular formula is C14H16O6. The molecule has 0 heterocycles. The van der Waals surface area contributed by atoms with Gasteiger partial charge in [-0.15, -0.1) is 0 Å². The van der Waals surface area contributed by atoms with Gasteiger partial charge in [0, 0.05) is 11.6 Å². The van der Waals surface area contributed by atoms with Crippen LogP contribution in [0.5, 0.6) is 11.5 Å². The molecule has 1 aromatic rings. The van der Waals surface area contributed by atoms with E-state index in [0.717, 1.165) is 6.08 Å². The quantitative estimate of drug-likeness (QED) is 0.631. The number of carboxylic acids is 1. The van der Waals surface area contributed by atoms with Gasteiger partial charge in [0.25, 0.3) is 0 Å². The monoisotopic (exact) mass is 280 g/mol. The van der Waals surface area contributed by atoms with Crippen LogP contribution < -0.4 is 9.47 Å². The minimum Gasteiger partial charge on any atom is -0.497 e. The van der Waals surface area contributed by atoms with Gasteiger partial charge in [-0.05, 0) is 31.2 Å². The lowest BCUT2D eigenvalue weighted by Crippen LogP contribution is -2.25. The third kappa shape index (κ3) is 4.31. The summed E-state index contributed by atoms with van der Waals surface area (Å²) in [5.74, 6) is -0.692. The molecule has 108 valence electrons. The largest absolute Gasteiger partial charge is 0.497 e. The fraction of sp³-hybridized carbons (Fsp3) is 0.286. The number of hydrogen-bond donors (Lipinski definition) is 1. The molecule has 0 amide bonds. The summed E-state index contributed by atoms with van der Waals surface area (Å²) in [7, 11) is 2.76. The molecule has 0 saturated heterocycles. The van der Waals surface area contributed by atoms with Crippen molar-refractivity contribution in [1.29, 1.82) is 0 Å². The minimum absolute atomic E-state index is 0.362. The molecule has 0 spiro atoms. The Morgan fingerprint density at radius 3 is 2.55 bits per heavy atom. The zero-order valence-electron chi connectivity index (χ0n) is 11.5. The van der Waals surface area contributed by atoms with E-state index < -0.39 is 18.0 Å². The lowest BCUT2D eigenvalue weighted by atomic mass is 10.1. The van der Waals surface area contributed by atoms with Crippen molar-refractivity contribution in [2.24, 2.45) is 0 Å². The van der Waals surface area contributed by atoms with Crippen LogP contribution in [-0.4, -0.2) is 37.4 Å². The Balaban J connectivity index is 3.05. The van der Waals surface area contributed by atoms with E-state index >= 15 is 0 Å². The summed E-state index contributed by atoms with van der Waals surface area (Å²) < 4.78 is 15.1. The second-order valence-electron chi connectivity index (χ2n) is 3.86. The molecule has 0 aromatic heterocycles. The highest BCUT2D eigenvalue weighted by atomic mass is 16.6. The molecule has 0 aliphatic rings. The maximum atomic E-state index is 11.3. The smallest absolute Gasteiger partial charge is 0.346 e. The molecule has 0 bridgehead atoms. The van der Waals surface area contributed by atoms with E-state index in [1.807, 2.05) is 0 Å². The fourth-order valence-electron chi connectivity index (χ4n) is 1.46. The first-order valence-corrected chi connectivity index (χ1v) is 5.81. The molecule has 0 fully saturated rings. The zero-order valence-corrected chi connectivity index (χ0v) is 11.5. The van der Waals surface area contributed by atoms with Crippen molar-refractivity contribution in [1.82, 2.24) is 0 Å². The summed E-state index contributed by atoms with van der Waals surface area (Å²) in [5, 5.41) is 8.67. The molecule has 1 unspecified atom stereocenters. The van der Waals surface area contributed by atoms with E-state index in [9.17, 15) is 9.59 Å². The van der Waals surface area contributed by atoms with Gasteiger partial charge in [0.1, 0.15) is 11.5 Å². The van der Waals surface area contributed by atoms with Crippen LogP contribution in [-0.2, 0) is 14.3 Å². The van der Waals surface area contributed by atoms with Crippen LogP contribution in [0.1, 0.15) is 12.5 Å². The second-order valence-corrected chi connectivity index (χ2v) is 3.86. The molecule has 1 atom stereocenters. The molecule has 1 rings (SSSR count). The Labute approximate surface area is 116 Å². The van der Waals surface area contributed by atoms with Gasteiger partial charge in [-0.3, -0.25) is 0 Å². The number of aliphatic carboxylic acids is 1. The molecule has 0 radical (unpaired) electrons. The summed E-state index contributed by atoms with van der Waals surface area (Å²) >= 11 is 0. The van der Waals surface area contributed by atoms with Crippen molar-refractivity contribution in [3.63, 3.8) is 0 Å². The SMILES string of the molecule is COC(=O)C(C)Oc1ccc(OC)cc1C=CC(=O)O.